The van der Waals surface area contributed by atoms with Crippen molar-refractivity contribution < 1.29 is 0 Å². The van der Waals surface area contributed by atoms with E-state index in [-0.39, 0.29) is 11.6 Å². The van der Waals surface area contributed by atoms with E-state index in [1.165, 1.54) is 0 Å². The third-order valence-corrected chi connectivity index (χ3v) is 5.31. The summed E-state index contributed by atoms with van der Waals surface area (Å²) in [5.41, 5.74) is 1.97. The number of fused-ring (bicyclic) bond motifs is 1. The Bertz CT molecular complexity index is 798. The average molecular weight is 342 g/mol. The van der Waals surface area contributed by atoms with Gasteiger partial charge in [-0.1, -0.05) is 25.0 Å². The van der Waals surface area contributed by atoms with Gasteiger partial charge >= 0.3 is 0 Å². The number of hydrogen-bond acceptors (Lipinski definition) is 4. The molecule has 0 amide bonds. The fourth-order valence-corrected chi connectivity index (χ4v) is 3.79. The number of nitrogens with zero attached hydrogens (tertiary/aromatic N) is 3. The van der Waals surface area contributed by atoms with E-state index < -0.39 is 0 Å². The van der Waals surface area contributed by atoms with Crippen LogP contribution in [0.4, 0.5) is 0 Å². The van der Waals surface area contributed by atoms with Crippen molar-refractivity contribution in [2.75, 3.05) is 19.6 Å². The molecule has 0 bridgehead atoms. The number of aromatic nitrogens is 2. The summed E-state index contributed by atoms with van der Waals surface area (Å²) in [6.45, 7) is 9.48. The van der Waals surface area contributed by atoms with Crippen molar-refractivity contribution in [2.24, 2.45) is 7.05 Å². The van der Waals surface area contributed by atoms with Gasteiger partial charge in [0, 0.05) is 32.7 Å². The van der Waals surface area contributed by atoms with Crippen molar-refractivity contribution >= 4 is 10.9 Å². The molecule has 136 valence electrons. The van der Waals surface area contributed by atoms with Crippen LogP contribution >= 0.6 is 0 Å². The molecular weight excluding hydrogens is 312 g/mol. The molecule has 1 unspecified atom stereocenters. The Balaban J connectivity index is 2.05. The Kier molecular flexibility index (Phi) is 5.54. The maximum atomic E-state index is 12.9. The highest BCUT2D eigenvalue weighted by atomic mass is 16.1. The van der Waals surface area contributed by atoms with Crippen LogP contribution in [0, 0.1) is 6.92 Å². The van der Waals surface area contributed by atoms with Crippen LogP contribution < -0.4 is 10.9 Å². The smallest absolute Gasteiger partial charge is 0.261 e. The molecule has 5 nitrogen and oxygen atoms in total. The number of hydrogen-bond donors (Lipinski definition) is 1. The molecule has 0 saturated carbocycles. The minimum absolute atomic E-state index is 0.0612. The lowest BCUT2D eigenvalue weighted by molar-refractivity contribution is 0.186. The molecule has 3 rings (SSSR count). The molecule has 0 spiro atoms. The first-order valence-corrected chi connectivity index (χ1v) is 9.46. The van der Waals surface area contributed by atoms with Crippen LogP contribution in [0.5, 0.6) is 0 Å². The summed E-state index contributed by atoms with van der Waals surface area (Å²) in [7, 11) is 1.87. The van der Waals surface area contributed by atoms with Crippen LogP contribution in [-0.2, 0) is 7.05 Å². The van der Waals surface area contributed by atoms with Crippen LogP contribution in [0.25, 0.3) is 10.9 Å². The first-order valence-electron chi connectivity index (χ1n) is 9.46. The van der Waals surface area contributed by atoms with Crippen molar-refractivity contribution in [2.45, 2.75) is 52.1 Å². The highest BCUT2D eigenvalue weighted by Gasteiger charge is 2.26. The highest BCUT2D eigenvalue weighted by molar-refractivity contribution is 5.78. The topological polar surface area (TPSA) is 50.2 Å². The summed E-state index contributed by atoms with van der Waals surface area (Å²) in [4.78, 5) is 20.3. The first-order chi connectivity index (χ1) is 12.0. The van der Waals surface area contributed by atoms with Gasteiger partial charge in [-0.25, -0.2) is 4.98 Å². The Morgan fingerprint density at radius 1 is 1.36 bits per heavy atom. The zero-order valence-electron chi connectivity index (χ0n) is 15.9. The van der Waals surface area contributed by atoms with E-state index in [1.807, 2.05) is 32.2 Å². The first kappa shape index (κ1) is 18.1. The van der Waals surface area contributed by atoms with E-state index in [9.17, 15) is 4.79 Å². The second-order valence-corrected chi connectivity index (χ2v) is 7.34. The van der Waals surface area contributed by atoms with Gasteiger partial charge in [0.1, 0.15) is 5.82 Å². The van der Waals surface area contributed by atoms with E-state index in [2.05, 4.69) is 24.1 Å². The van der Waals surface area contributed by atoms with E-state index >= 15 is 0 Å². The Hall–Kier alpha value is -1.72. The second-order valence-electron chi connectivity index (χ2n) is 7.34. The van der Waals surface area contributed by atoms with E-state index in [0.717, 1.165) is 55.8 Å². The fraction of sp³-hybridized carbons (Fsp3) is 0.600. The molecule has 2 atom stereocenters. The summed E-state index contributed by atoms with van der Waals surface area (Å²) < 4.78 is 1.77. The molecular formula is C20H30N4O. The average Bonchev–Trinajstić information content (AvgIpc) is 2.81. The Morgan fingerprint density at radius 2 is 2.16 bits per heavy atom. The fourth-order valence-electron chi connectivity index (χ4n) is 3.79. The van der Waals surface area contributed by atoms with Crippen molar-refractivity contribution in [3.8, 4) is 0 Å². The molecule has 1 N–H and O–H groups in total. The molecule has 1 saturated heterocycles. The summed E-state index contributed by atoms with van der Waals surface area (Å²) in [6, 6.07) is 6.69. The molecule has 1 aliphatic heterocycles. The van der Waals surface area contributed by atoms with Crippen LogP contribution in [0.15, 0.2) is 23.0 Å². The van der Waals surface area contributed by atoms with Crippen LogP contribution in [-0.4, -0.2) is 40.1 Å². The zero-order chi connectivity index (χ0) is 18.0. The SMILES string of the molecule is CCCC(c1nc2ccc(C)cc2c(=O)n1C)N1CCN[C@@H](C)CC1. The maximum Gasteiger partial charge on any atom is 0.261 e. The minimum atomic E-state index is 0.0612. The molecule has 1 fully saturated rings. The molecule has 25 heavy (non-hydrogen) atoms. The monoisotopic (exact) mass is 342 g/mol. The number of benzene rings is 1. The number of rotatable bonds is 4. The second kappa shape index (κ2) is 7.67. The largest absolute Gasteiger partial charge is 0.313 e. The van der Waals surface area contributed by atoms with Gasteiger partial charge in [-0.05, 0) is 38.8 Å². The molecule has 0 aliphatic carbocycles. The van der Waals surface area contributed by atoms with Gasteiger partial charge < -0.3 is 5.32 Å². The molecule has 2 heterocycles. The molecule has 1 aliphatic rings. The zero-order valence-corrected chi connectivity index (χ0v) is 15.9. The van der Waals surface area contributed by atoms with Crippen LogP contribution in [0.3, 0.4) is 0 Å². The summed E-state index contributed by atoms with van der Waals surface area (Å²) in [5, 5.41) is 4.27. The van der Waals surface area contributed by atoms with Gasteiger partial charge in [0.25, 0.3) is 5.56 Å². The van der Waals surface area contributed by atoms with E-state index in [4.69, 9.17) is 4.98 Å². The molecule has 0 radical (unpaired) electrons. The predicted molar refractivity (Wildman–Crippen MR) is 103 cm³/mol. The van der Waals surface area contributed by atoms with Gasteiger partial charge in [-0.3, -0.25) is 14.3 Å². The van der Waals surface area contributed by atoms with Crippen molar-refractivity contribution in [3.63, 3.8) is 0 Å². The Morgan fingerprint density at radius 3 is 2.92 bits per heavy atom. The Labute approximate surface area is 150 Å². The van der Waals surface area contributed by atoms with Crippen LogP contribution in [0.2, 0.25) is 0 Å². The summed E-state index contributed by atoms with van der Waals surface area (Å²) >= 11 is 0. The van der Waals surface area contributed by atoms with Crippen molar-refractivity contribution in [3.05, 3.63) is 39.9 Å². The third kappa shape index (κ3) is 3.77. The van der Waals surface area contributed by atoms with Gasteiger partial charge in [0.15, 0.2) is 0 Å². The van der Waals surface area contributed by atoms with Crippen molar-refractivity contribution in [1.82, 2.24) is 19.8 Å². The predicted octanol–water partition coefficient (Wildman–Crippen LogP) is 2.77. The normalized spacial score (nSPS) is 20.6. The molecule has 5 heteroatoms. The van der Waals surface area contributed by atoms with Gasteiger partial charge in [0.05, 0.1) is 16.9 Å². The maximum absolute atomic E-state index is 12.9. The summed E-state index contributed by atoms with van der Waals surface area (Å²) in [6.07, 6.45) is 3.22. The van der Waals surface area contributed by atoms with Gasteiger partial charge in [-0.15, -0.1) is 0 Å². The third-order valence-electron chi connectivity index (χ3n) is 5.31. The minimum Gasteiger partial charge on any atom is -0.313 e. The van der Waals surface area contributed by atoms with Gasteiger partial charge in [-0.2, -0.15) is 0 Å². The lowest BCUT2D eigenvalue weighted by atomic mass is 10.1. The summed E-state index contributed by atoms with van der Waals surface area (Å²) in [5.74, 6) is 0.901. The van der Waals surface area contributed by atoms with E-state index in [0.29, 0.717) is 11.4 Å². The molecule has 1 aromatic heterocycles. The van der Waals surface area contributed by atoms with Crippen molar-refractivity contribution in [1.29, 1.82) is 0 Å². The lowest BCUT2D eigenvalue weighted by Gasteiger charge is -2.31. The highest BCUT2D eigenvalue weighted by Crippen LogP contribution is 2.26. The number of nitrogens with one attached hydrogen (secondary N) is 1. The van der Waals surface area contributed by atoms with E-state index in [1.54, 1.807) is 4.57 Å². The lowest BCUT2D eigenvalue weighted by Crippen LogP contribution is -2.36. The molecule has 2 aromatic rings. The molecule has 1 aromatic carbocycles. The standard InChI is InChI=1S/C20H30N4O/c1-5-6-18(24-11-9-15(3)21-10-12-24)19-22-17-8-7-14(2)13-16(17)20(25)23(19)4/h7-8,13,15,18,21H,5-6,9-12H2,1-4H3/t15-,18?/m0/s1. The quantitative estimate of drug-likeness (QED) is 0.928. The number of aryl methyl sites for hydroxylation is 1. The van der Waals surface area contributed by atoms with Crippen LogP contribution in [0.1, 0.15) is 50.5 Å². The van der Waals surface area contributed by atoms with Gasteiger partial charge in [0.2, 0.25) is 0 Å².